The molecule has 0 saturated carbocycles. The fourth-order valence-corrected chi connectivity index (χ4v) is 2.87. The highest BCUT2D eigenvalue weighted by Gasteiger charge is 2.15. The van der Waals surface area contributed by atoms with Gasteiger partial charge >= 0.3 is 0 Å². The van der Waals surface area contributed by atoms with Gasteiger partial charge in [0.15, 0.2) is 17.8 Å². The molecule has 0 aliphatic carbocycles. The zero-order chi connectivity index (χ0) is 15.9. The molecule has 0 amide bonds. The summed E-state index contributed by atoms with van der Waals surface area (Å²) < 4.78 is 10.3. The van der Waals surface area contributed by atoms with Gasteiger partial charge in [-0.3, -0.25) is 0 Å². The number of halogens is 1. The number of fused-ring (bicyclic) bond motifs is 1. The Hall–Kier alpha value is -1.84. The van der Waals surface area contributed by atoms with E-state index in [4.69, 9.17) is 4.74 Å². The van der Waals surface area contributed by atoms with Gasteiger partial charge in [0.1, 0.15) is 6.54 Å². The number of nitrogens with zero attached hydrogens (tertiary/aromatic N) is 2. The topological polar surface area (TPSA) is 18.0 Å². The molecule has 0 fully saturated rings. The third-order valence-electron chi connectivity index (χ3n) is 4.10. The summed E-state index contributed by atoms with van der Waals surface area (Å²) in [5, 5.41) is 0. The first kappa shape index (κ1) is 18.5. The lowest BCUT2D eigenvalue weighted by Crippen LogP contribution is -3.00. The van der Waals surface area contributed by atoms with Crippen LogP contribution >= 0.6 is 0 Å². The highest BCUT2D eigenvalue weighted by molar-refractivity contribution is 5.71. The van der Waals surface area contributed by atoms with Crippen LogP contribution in [0.2, 0.25) is 0 Å². The zero-order valence-corrected chi connectivity index (χ0v) is 15.0. The summed E-state index contributed by atoms with van der Waals surface area (Å²) in [4.78, 5) is 0. The van der Waals surface area contributed by atoms with Crippen molar-refractivity contribution >= 4 is 11.0 Å². The lowest BCUT2D eigenvalue weighted by Gasteiger charge is -2.01. The van der Waals surface area contributed by atoms with Crippen LogP contribution in [0.3, 0.4) is 0 Å². The van der Waals surface area contributed by atoms with E-state index in [2.05, 4.69) is 77.0 Å². The molecule has 2 aromatic carbocycles. The molecule has 0 saturated heterocycles. The van der Waals surface area contributed by atoms with Crippen molar-refractivity contribution in [3.63, 3.8) is 0 Å². The molecule has 0 aliphatic rings. The van der Waals surface area contributed by atoms with Crippen LogP contribution in [0.25, 0.3) is 11.0 Å². The Bertz CT molecular complexity index is 740. The molecule has 0 spiro atoms. The standard InChI is InChI=1S/C20H25N2O.ClH/c1-2-3-9-14-23-17-22-16-21(15-18-10-5-4-6-11-18)19-12-7-8-13-20(19)22;/h4-8,10-13,16H,2-3,9,14-15,17H2,1H3;1H/q+1;/p-1. The number of para-hydroxylation sites is 2. The quantitative estimate of drug-likeness (QED) is 0.443. The lowest BCUT2D eigenvalue weighted by molar-refractivity contribution is -0.663. The van der Waals surface area contributed by atoms with Gasteiger partial charge in [-0.05, 0) is 24.1 Å². The third kappa shape index (κ3) is 4.59. The largest absolute Gasteiger partial charge is 1.00 e. The summed E-state index contributed by atoms with van der Waals surface area (Å²) in [6, 6.07) is 19.1. The number of rotatable bonds is 8. The highest BCUT2D eigenvalue weighted by Crippen LogP contribution is 2.12. The normalized spacial score (nSPS) is 10.7. The molecule has 4 heteroatoms. The molecule has 24 heavy (non-hydrogen) atoms. The molecule has 3 nitrogen and oxygen atoms in total. The summed E-state index contributed by atoms with van der Waals surface area (Å²) >= 11 is 0. The van der Waals surface area contributed by atoms with Crippen LogP contribution in [-0.2, 0) is 18.0 Å². The van der Waals surface area contributed by atoms with E-state index in [0.717, 1.165) is 19.6 Å². The maximum absolute atomic E-state index is 5.84. The van der Waals surface area contributed by atoms with Gasteiger partial charge in [0.25, 0.3) is 0 Å². The van der Waals surface area contributed by atoms with Crippen molar-refractivity contribution in [1.82, 2.24) is 4.57 Å². The Morgan fingerprint density at radius 3 is 2.50 bits per heavy atom. The van der Waals surface area contributed by atoms with Crippen molar-refractivity contribution in [1.29, 1.82) is 0 Å². The first-order valence-corrected chi connectivity index (χ1v) is 8.47. The minimum absolute atomic E-state index is 0. The molecule has 128 valence electrons. The minimum atomic E-state index is 0. The van der Waals surface area contributed by atoms with Crippen LogP contribution in [0, 0.1) is 0 Å². The molecular formula is C20H25ClN2O. The van der Waals surface area contributed by atoms with E-state index >= 15 is 0 Å². The fourth-order valence-electron chi connectivity index (χ4n) is 2.87. The Kier molecular flexibility index (Phi) is 7.29. The smallest absolute Gasteiger partial charge is 0.246 e. The monoisotopic (exact) mass is 344 g/mol. The molecule has 0 bridgehead atoms. The van der Waals surface area contributed by atoms with Crippen molar-refractivity contribution in [3.8, 4) is 0 Å². The third-order valence-corrected chi connectivity index (χ3v) is 4.10. The second kappa shape index (κ2) is 9.45. The van der Waals surface area contributed by atoms with Crippen molar-refractivity contribution in [3.05, 3.63) is 66.5 Å². The van der Waals surface area contributed by atoms with Crippen LogP contribution in [0.5, 0.6) is 0 Å². The van der Waals surface area contributed by atoms with Gasteiger partial charge in [-0.15, -0.1) is 0 Å². The summed E-state index contributed by atoms with van der Waals surface area (Å²) in [6.45, 7) is 4.54. The zero-order valence-electron chi connectivity index (χ0n) is 14.2. The average Bonchev–Trinajstić information content (AvgIpc) is 2.94. The SMILES string of the molecule is CCCCCOCn1c[n+](Cc2ccccc2)c2ccccc21.[Cl-]. The van der Waals surface area contributed by atoms with E-state index < -0.39 is 0 Å². The molecule has 1 heterocycles. The van der Waals surface area contributed by atoms with Crippen molar-refractivity contribution < 1.29 is 21.7 Å². The van der Waals surface area contributed by atoms with Gasteiger partial charge in [-0.25, -0.2) is 9.13 Å². The molecule has 3 rings (SSSR count). The van der Waals surface area contributed by atoms with Gasteiger partial charge in [0.2, 0.25) is 6.33 Å². The van der Waals surface area contributed by atoms with Crippen LogP contribution in [0.1, 0.15) is 31.7 Å². The summed E-state index contributed by atoms with van der Waals surface area (Å²) in [5.74, 6) is 0. The summed E-state index contributed by atoms with van der Waals surface area (Å²) in [5.41, 5.74) is 3.77. The van der Waals surface area contributed by atoms with Gasteiger partial charge in [0.05, 0.1) is 6.61 Å². The number of unbranched alkanes of at least 4 members (excludes halogenated alkanes) is 2. The van der Waals surface area contributed by atoms with Gasteiger partial charge in [-0.2, -0.15) is 0 Å². The number of imidazole rings is 1. The molecule has 0 unspecified atom stereocenters. The van der Waals surface area contributed by atoms with Crippen LogP contribution in [-0.4, -0.2) is 11.2 Å². The maximum atomic E-state index is 5.84. The van der Waals surface area contributed by atoms with Crippen molar-refractivity contribution in [2.45, 2.75) is 39.5 Å². The predicted molar refractivity (Wildman–Crippen MR) is 93.2 cm³/mol. The van der Waals surface area contributed by atoms with Crippen LogP contribution in [0.15, 0.2) is 60.9 Å². The Morgan fingerprint density at radius 1 is 0.958 bits per heavy atom. The maximum Gasteiger partial charge on any atom is 0.246 e. The Balaban J connectivity index is 0.00000208. The van der Waals surface area contributed by atoms with Crippen molar-refractivity contribution in [2.24, 2.45) is 0 Å². The second-order valence-electron chi connectivity index (χ2n) is 5.93. The van der Waals surface area contributed by atoms with E-state index in [9.17, 15) is 0 Å². The van der Waals surface area contributed by atoms with Crippen LogP contribution in [0.4, 0.5) is 0 Å². The molecule has 3 aromatic rings. The number of aromatic nitrogens is 2. The molecule has 0 N–H and O–H groups in total. The van der Waals surface area contributed by atoms with E-state index in [0.29, 0.717) is 6.73 Å². The van der Waals surface area contributed by atoms with Gasteiger partial charge in [0, 0.05) is 0 Å². The highest BCUT2D eigenvalue weighted by atomic mass is 35.5. The lowest BCUT2D eigenvalue weighted by atomic mass is 10.2. The molecule has 1 aromatic heterocycles. The summed E-state index contributed by atoms with van der Waals surface area (Å²) in [6.07, 6.45) is 5.77. The Morgan fingerprint density at radius 2 is 1.71 bits per heavy atom. The van der Waals surface area contributed by atoms with E-state index in [1.54, 1.807) is 0 Å². The number of benzene rings is 2. The number of hydrogen-bond donors (Lipinski definition) is 0. The second-order valence-corrected chi connectivity index (χ2v) is 5.93. The van der Waals surface area contributed by atoms with Gasteiger partial charge < -0.3 is 17.1 Å². The van der Waals surface area contributed by atoms with Gasteiger partial charge in [-0.1, -0.05) is 62.2 Å². The van der Waals surface area contributed by atoms with E-state index in [1.165, 1.54) is 29.4 Å². The molecule has 0 atom stereocenters. The predicted octanol–water partition coefficient (Wildman–Crippen LogP) is 1.15. The number of hydrogen-bond acceptors (Lipinski definition) is 1. The van der Waals surface area contributed by atoms with E-state index in [-0.39, 0.29) is 12.4 Å². The van der Waals surface area contributed by atoms with Crippen molar-refractivity contribution in [2.75, 3.05) is 6.61 Å². The fraction of sp³-hybridized carbons (Fsp3) is 0.350. The minimum Gasteiger partial charge on any atom is -1.00 e. The number of ether oxygens (including phenoxy) is 1. The summed E-state index contributed by atoms with van der Waals surface area (Å²) in [7, 11) is 0. The first-order chi connectivity index (χ1) is 11.4. The molecular weight excluding hydrogens is 320 g/mol. The molecule has 0 aliphatic heterocycles. The average molecular weight is 345 g/mol. The molecule has 0 radical (unpaired) electrons. The Labute approximate surface area is 150 Å². The van der Waals surface area contributed by atoms with Crippen LogP contribution < -0.4 is 17.0 Å². The first-order valence-electron chi connectivity index (χ1n) is 8.47. The van der Waals surface area contributed by atoms with E-state index in [1.807, 2.05) is 0 Å².